The Labute approximate surface area is 143 Å². The Kier molecular flexibility index (Phi) is 4.66. The highest BCUT2D eigenvalue weighted by atomic mass is 32.1. The minimum Gasteiger partial charge on any atom is -0.497 e. The van der Waals surface area contributed by atoms with Crippen LogP contribution in [0.15, 0.2) is 24.4 Å². The largest absolute Gasteiger partial charge is 0.497 e. The summed E-state index contributed by atoms with van der Waals surface area (Å²) in [7, 11) is 1.65. The van der Waals surface area contributed by atoms with Crippen LogP contribution in [-0.4, -0.2) is 29.3 Å². The standard InChI is InChI=1S/C18H17NO4S/c1-11-7-13-9-14(22-2)8-12(18(13)23-11)3-5-16-19-10-15(24-16)4-6-17(20)21/h3-6,8-11H,7H2,1-2H3,(H,20,21). The number of fused-ring (bicyclic) bond motifs is 1. The van der Waals surface area contributed by atoms with Gasteiger partial charge in [-0.15, -0.1) is 11.3 Å². The quantitative estimate of drug-likeness (QED) is 0.838. The van der Waals surface area contributed by atoms with Gasteiger partial charge in [-0.2, -0.15) is 0 Å². The van der Waals surface area contributed by atoms with E-state index in [9.17, 15) is 4.79 Å². The molecule has 0 aliphatic carbocycles. The molecule has 1 N–H and O–H groups in total. The van der Waals surface area contributed by atoms with Gasteiger partial charge in [-0.05, 0) is 37.3 Å². The van der Waals surface area contributed by atoms with Crippen LogP contribution in [0, 0.1) is 0 Å². The lowest BCUT2D eigenvalue weighted by Crippen LogP contribution is -2.05. The second-order valence-electron chi connectivity index (χ2n) is 5.44. The average molecular weight is 343 g/mol. The first-order valence-electron chi connectivity index (χ1n) is 7.47. The Bertz CT molecular complexity index is 822. The van der Waals surface area contributed by atoms with E-state index >= 15 is 0 Å². The second-order valence-corrected chi connectivity index (χ2v) is 6.54. The minimum absolute atomic E-state index is 0.159. The molecule has 1 aromatic carbocycles. The summed E-state index contributed by atoms with van der Waals surface area (Å²) in [5, 5.41) is 9.45. The summed E-state index contributed by atoms with van der Waals surface area (Å²) in [6.07, 6.45) is 9.16. The molecule has 3 rings (SSSR count). The molecule has 5 nitrogen and oxygen atoms in total. The fourth-order valence-electron chi connectivity index (χ4n) is 2.54. The van der Waals surface area contributed by atoms with E-state index in [-0.39, 0.29) is 6.10 Å². The number of hydrogen-bond acceptors (Lipinski definition) is 5. The van der Waals surface area contributed by atoms with E-state index in [0.29, 0.717) is 0 Å². The van der Waals surface area contributed by atoms with E-state index in [2.05, 4.69) is 4.98 Å². The normalized spacial score (nSPS) is 16.5. The van der Waals surface area contributed by atoms with Gasteiger partial charge in [-0.1, -0.05) is 0 Å². The maximum atomic E-state index is 10.5. The molecule has 0 bridgehead atoms. The molecular weight excluding hydrogens is 326 g/mol. The van der Waals surface area contributed by atoms with Crippen molar-refractivity contribution in [1.82, 2.24) is 4.98 Å². The first kappa shape index (κ1) is 16.3. The van der Waals surface area contributed by atoms with E-state index in [0.717, 1.165) is 45.0 Å². The maximum absolute atomic E-state index is 10.5. The highest BCUT2D eigenvalue weighted by molar-refractivity contribution is 7.13. The summed E-state index contributed by atoms with van der Waals surface area (Å²) >= 11 is 1.42. The average Bonchev–Trinajstić information content (AvgIpc) is 3.15. The van der Waals surface area contributed by atoms with Gasteiger partial charge >= 0.3 is 5.97 Å². The van der Waals surface area contributed by atoms with Gasteiger partial charge in [0, 0.05) is 34.7 Å². The molecule has 2 heterocycles. The molecule has 0 fully saturated rings. The lowest BCUT2D eigenvalue weighted by atomic mass is 10.1. The predicted octanol–water partition coefficient (Wildman–Crippen LogP) is 3.74. The number of aliphatic carboxylic acids is 1. The Hall–Kier alpha value is -2.60. The second kappa shape index (κ2) is 6.88. The molecule has 1 unspecified atom stereocenters. The number of carboxylic acid groups (broad SMARTS) is 1. The van der Waals surface area contributed by atoms with Crippen LogP contribution in [0.1, 0.15) is 27.9 Å². The van der Waals surface area contributed by atoms with Gasteiger partial charge in [0.25, 0.3) is 0 Å². The number of rotatable bonds is 5. The van der Waals surface area contributed by atoms with E-state index in [1.54, 1.807) is 13.3 Å². The molecular formula is C18H17NO4S. The number of ether oxygens (including phenoxy) is 2. The Morgan fingerprint density at radius 1 is 1.42 bits per heavy atom. The van der Waals surface area contributed by atoms with Gasteiger partial charge in [0.2, 0.25) is 0 Å². The van der Waals surface area contributed by atoms with Crippen LogP contribution in [0.3, 0.4) is 0 Å². The number of carbonyl (C=O) groups is 1. The van der Waals surface area contributed by atoms with Crippen molar-refractivity contribution in [2.75, 3.05) is 7.11 Å². The zero-order valence-electron chi connectivity index (χ0n) is 13.4. The van der Waals surface area contributed by atoms with Gasteiger partial charge in [-0.3, -0.25) is 0 Å². The summed E-state index contributed by atoms with van der Waals surface area (Å²) in [4.78, 5) is 15.6. The Morgan fingerprint density at radius 2 is 2.25 bits per heavy atom. The van der Waals surface area contributed by atoms with Crippen LogP contribution in [-0.2, 0) is 11.2 Å². The lowest BCUT2D eigenvalue weighted by molar-refractivity contribution is -0.131. The summed E-state index contributed by atoms with van der Waals surface area (Å²) in [6.45, 7) is 2.04. The van der Waals surface area contributed by atoms with Gasteiger partial charge in [-0.25, -0.2) is 9.78 Å². The predicted molar refractivity (Wildman–Crippen MR) is 94.5 cm³/mol. The third-order valence-corrected chi connectivity index (χ3v) is 4.50. The van der Waals surface area contributed by atoms with Crippen molar-refractivity contribution < 1.29 is 19.4 Å². The summed E-state index contributed by atoms with van der Waals surface area (Å²) in [5.41, 5.74) is 2.09. The molecule has 1 aliphatic heterocycles. The van der Waals surface area contributed by atoms with E-state index < -0.39 is 5.97 Å². The number of aromatic nitrogens is 1. The third-order valence-electron chi connectivity index (χ3n) is 3.57. The molecule has 2 aromatic rings. The molecule has 1 atom stereocenters. The van der Waals surface area contributed by atoms with Crippen LogP contribution < -0.4 is 9.47 Å². The van der Waals surface area contributed by atoms with Crippen molar-refractivity contribution in [2.45, 2.75) is 19.4 Å². The monoisotopic (exact) mass is 343 g/mol. The first-order chi connectivity index (χ1) is 11.5. The van der Waals surface area contributed by atoms with Gasteiger partial charge < -0.3 is 14.6 Å². The van der Waals surface area contributed by atoms with Crippen LogP contribution in [0.4, 0.5) is 0 Å². The summed E-state index contributed by atoms with van der Waals surface area (Å²) in [5.74, 6) is 0.719. The number of methoxy groups -OCH3 is 1. The third kappa shape index (κ3) is 3.65. The highest BCUT2D eigenvalue weighted by Gasteiger charge is 2.22. The van der Waals surface area contributed by atoms with E-state index in [4.69, 9.17) is 14.6 Å². The van der Waals surface area contributed by atoms with Crippen LogP contribution in [0.25, 0.3) is 18.2 Å². The van der Waals surface area contributed by atoms with Crippen molar-refractivity contribution in [3.05, 3.63) is 45.4 Å². The molecule has 1 aromatic heterocycles. The summed E-state index contributed by atoms with van der Waals surface area (Å²) < 4.78 is 11.3. The van der Waals surface area contributed by atoms with Crippen molar-refractivity contribution in [2.24, 2.45) is 0 Å². The number of hydrogen-bond donors (Lipinski definition) is 1. The number of thiazole rings is 1. The number of benzene rings is 1. The fraction of sp³-hybridized carbons (Fsp3) is 0.222. The van der Waals surface area contributed by atoms with Crippen molar-refractivity contribution in [3.63, 3.8) is 0 Å². The molecule has 0 spiro atoms. The molecule has 0 radical (unpaired) electrons. The van der Waals surface area contributed by atoms with Crippen LogP contribution >= 0.6 is 11.3 Å². The maximum Gasteiger partial charge on any atom is 0.328 e. The first-order valence-corrected chi connectivity index (χ1v) is 8.29. The van der Waals surface area contributed by atoms with Gasteiger partial charge in [0.1, 0.15) is 22.6 Å². The molecule has 0 amide bonds. The zero-order chi connectivity index (χ0) is 17.1. The molecule has 6 heteroatoms. The SMILES string of the molecule is COc1cc(C=Cc2ncc(C=CC(=O)O)s2)c2c(c1)CC(C)O2. The molecule has 0 saturated heterocycles. The molecule has 124 valence electrons. The van der Waals surface area contributed by atoms with Gasteiger partial charge in [0.05, 0.1) is 7.11 Å². The van der Waals surface area contributed by atoms with E-state index in [1.165, 1.54) is 17.4 Å². The van der Waals surface area contributed by atoms with Crippen LogP contribution in [0.2, 0.25) is 0 Å². The smallest absolute Gasteiger partial charge is 0.328 e. The number of nitrogens with zero attached hydrogens (tertiary/aromatic N) is 1. The highest BCUT2D eigenvalue weighted by Crippen LogP contribution is 2.37. The van der Waals surface area contributed by atoms with Crippen molar-refractivity contribution >= 4 is 35.5 Å². The van der Waals surface area contributed by atoms with Gasteiger partial charge in [0.15, 0.2) is 0 Å². The Morgan fingerprint density at radius 3 is 3.00 bits per heavy atom. The van der Waals surface area contributed by atoms with Crippen molar-refractivity contribution in [1.29, 1.82) is 0 Å². The van der Waals surface area contributed by atoms with Crippen LogP contribution in [0.5, 0.6) is 11.5 Å². The van der Waals surface area contributed by atoms with Crippen molar-refractivity contribution in [3.8, 4) is 11.5 Å². The summed E-state index contributed by atoms with van der Waals surface area (Å²) in [6, 6.07) is 3.95. The Balaban J connectivity index is 1.85. The van der Waals surface area contributed by atoms with E-state index in [1.807, 2.05) is 31.2 Å². The minimum atomic E-state index is -0.973. The molecule has 24 heavy (non-hydrogen) atoms. The zero-order valence-corrected chi connectivity index (χ0v) is 14.2. The fourth-order valence-corrected chi connectivity index (χ4v) is 3.27. The molecule has 1 aliphatic rings. The molecule has 0 saturated carbocycles. The topological polar surface area (TPSA) is 68.7 Å². The number of carboxylic acids is 1. The lowest BCUT2D eigenvalue weighted by Gasteiger charge is -2.08.